The van der Waals surface area contributed by atoms with Crippen LogP contribution in [0.15, 0.2) is 0 Å². The minimum absolute atomic E-state index is 0.178. The van der Waals surface area contributed by atoms with Crippen molar-refractivity contribution in [3.63, 3.8) is 0 Å². The molecule has 0 aromatic carbocycles. The van der Waals surface area contributed by atoms with Gasteiger partial charge in [-0.05, 0) is 0 Å². The maximum atomic E-state index is 10.7. The first-order chi connectivity index (χ1) is 5.10. The van der Waals surface area contributed by atoms with Crippen molar-refractivity contribution in [3.05, 3.63) is 0 Å². The Morgan fingerprint density at radius 1 is 1.82 bits per heavy atom. The van der Waals surface area contributed by atoms with E-state index in [1.165, 1.54) is 0 Å². The number of carboxylic acids is 1. The van der Waals surface area contributed by atoms with Crippen LogP contribution in [0, 0.1) is 12.3 Å². The lowest BCUT2D eigenvalue weighted by Crippen LogP contribution is -2.47. The van der Waals surface area contributed by atoms with E-state index in [9.17, 15) is 9.59 Å². The predicted octanol–water partition coefficient (Wildman–Crippen LogP) is -0.647. The summed E-state index contributed by atoms with van der Waals surface area (Å²) in [5, 5.41) is 10.9. The Bertz CT molecular complexity index is 253. The van der Waals surface area contributed by atoms with Gasteiger partial charge in [-0.15, -0.1) is 6.42 Å². The molecule has 2 N–H and O–H groups in total. The van der Waals surface area contributed by atoms with Gasteiger partial charge >= 0.3 is 5.97 Å². The quantitative estimate of drug-likeness (QED) is 0.492. The molecule has 0 bridgehead atoms. The monoisotopic (exact) mass is 153 g/mol. The van der Waals surface area contributed by atoms with Gasteiger partial charge in [-0.2, -0.15) is 0 Å². The smallest absolute Gasteiger partial charge is 0.342 e. The topological polar surface area (TPSA) is 66.4 Å². The highest BCUT2D eigenvalue weighted by molar-refractivity contribution is 5.93. The van der Waals surface area contributed by atoms with Gasteiger partial charge in [-0.3, -0.25) is 4.79 Å². The fourth-order valence-corrected chi connectivity index (χ4v) is 0.994. The molecule has 11 heavy (non-hydrogen) atoms. The van der Waals surface area contributed by atoms with Crippen LogP contribution in [0.25, 0.3) is 0 Å². The molecule has 58 valence electrons. The summed E-state index contributed by atoms with van der Waals surface area (Å²) in [5.74, 6) is 0.614. The highest BCUT2D eigenvalue weighted by atomic mass is 16.4. The normalized spacial score (nSPS) is 29.2. The van der Waals surface area contributed by atoms with Gasteiger partial charge in [0.05, 0.1) is 0 Å². The lowest BCUT2D eigenvalue weighted by Gasteiger charge is -2.15. The molecule has 1 heterocycles. The van der Waals surface area contributed by atoms with Crippen LogP contribution < -0.4 is 5.32 Å². The van der Waals surface area contributed by atoms with Crippen molar-refractivity contribution in [1.29, 1.82) is 0 Å². The average molecular weight is 153 g/mol. The van der Waals surface area contributed by atoms with Gasteiger partial charge in [0.15, 0.2) is 5.54 Å². The highest BCUT2D eigenvalue weighted by Crippen LogP contribution is 2.18. The van der Waals surface area contributed by atoms with E-state index in [0.717, 1.165) is 0 Å². The highest BCUT2D eigenvalue weighted by Gasteiger charge is 2.43. The van der Waals surface area contributed by atoms with Crippen molar-refractivity contribution < 1.29 is 14.7 Å². The molecule has 1 fully saturated rings. The van der Waals surface area contributed by atoms with Crippen LogP contribution in [0.5, 0.6) is 0 Å². The zero-order valence-corrected chi connectivity index (χ0v) is 5.76. The molecule has 1 aliphatic heterocycles. The molecule has 4 nitrogen and oxygen atoms in total. The standard InChI is InChI=1S/C7H7NO3/c1-2-7(6(10)11)4-3-5(9)8-7/h1H,3-4H2,(H,8,9)(H,10,11)/t7-/m0/s1. The van der Waals surface area contributed by atoms with Crippen molar-refractivity contribution >= 4 is 11.9 Å². The molecule has 1 saturated heterocycles. The Morgan fingerprint density at radius 2 is 2.45 bits per heavy atom. The van der Waals surface area contributed by atoms with E-state index in [4.69, 9.17) is 11.5 Å². The van der Waals surface area contributed by atoms with Crippen LogP contribution >= 0.6 is 0 Å². The number of carbonyl (C=O) groups excluding carboxylic acids is 1. The average Bonchev–Trinajstić information content (AvgIpc) is 2.33. The molecule has 1 rings (SSSR count). The molecule has 0 aliphatic carbocycles. The van der Waals surface area contributed by atoms with E-state index in [0.29, 0.717) is 0 Å². The van der Waals surface area contributed by atoms with Gasteiger partial charge in [-0.25, -0.2) is 4.79 Å². The van der Waals surface area contributed by atoms with Crippen LogP contribution in [0.4, 0.5) is 0 Å². The van der Waals surface area contributed by atoms with E-state index in [1.807, 2.05) is 0 Å². The Kier molecular flexibility index (Phi) is 1.57. The fourth-order valence-electron chi connectivity index (χ4n) is 0.994. The third kappa shape index (κ3) is 1.05. The Hall–Kier alpha value is -1.50. The lowest BCUT2D eigenvalue weighted by atomic mass is 9.99. The van der Waals surface area contributed by atoms with E-state index >= 15 is 0 Å². The lowest BCUT2D eigenvalue weighted by molar-refractivity contribution is -0.142. The van der Waals surface area contributed by atoms with Gasteiger partial charge in [0.25, 0.3) is 0 Å². The van der Waals surface area contributed by atoms with Crippen LogP contribution in [-0.2, 0) is 9.59 Å². The summed E-state index contributed by atoms with van der Waals surface area (Å²) in [6.07, 6.45) is 5.36. The van der Waals surface area contributed by atoms with E-state index in [1.54, 1.807) is 0 Å². The molecule has 0 aromatic rings. The van der Waals surface area contributed by atoms with Crippen molar-refractivity contribution in [1.82, 2.24) is 5.32 Å². The minimum atomic E-state index is -1.45. The number of amides is 1. The third-order valence-electron chi connectivity index (χ3n) is 1.69. The summed E-state index contributed by atoms with van der Waals surface area (Å²) < 4.78 is 0. The number of carboxylic acid groups (broad SMARTS) is 1. The second-order valence-electron chi connectivity index (χ2n) is 2.40. The summed E-state index contributed by atoms with van der Waals surface area (Å²) in [7, 11) is 0. The Balaban J connectivity index is 2.89. The SMILES string of the molecule is C#C[C@@]1(C(=O)O)CCC(=O)N1. The van der Waals surface area contributed by atoms with E-state index in [2.05, 4.69) is 11.2 Å². The molecule has 0 unspecified atom stereocenters. The molecule has 4 heteroatoms. The van der Waals surface area contributed by atoms with Crippen LogP contribution in [-0.4, -0.2) is 22.5 Å². The van der Waals surface area contributed by atoms with E-state index < -0.39 is 11.5 Å². The first-order valence-corrected chi connectivity index (χ1v) is 3.13. The number of aliphatic carboxylic acids is 1. The van der Waals surface area contributed by atoms with Crippen molar-refractivity contribution in [2.24, 2.45) is 0 Å². The van der Waals surface area contributed by atoms with Gasteiger partial charge < -0.3 is 10.4 Å². The molecular weight excluding hydrogens is 146 g/mol. The number of hydrogen-bond donors (Lipinski definition) is 2. The van der Waals surface area contributed by atoms with Gasteiger partial charge in [0.2, 0.25) is 5.91 Å². The number of hydrogen-bond acceptors (Lipinski definition) is 2. The second kappa shape index (κ2) is 2.27. The molecule has 1 atom stereocenters. The number of rotatable bonds is 1. The molecule has 0 aromatic heterocycles. The Labute approximate surface area is 63.6 Å². The largest absolute Gasteiger partial charge is 0.479 e. The van der Waals surface area contributed by atoms with Crippen LogP contribution in [0.1, 0.15) is 12.8 Å². The maximum Gasteiger partial charge on any atom is 0.342 e. The zero-order chi connectivity index (χ0) is 8.48. The minimum Gasteiger partial charge on any atom is -0.479 e. The third-order valence-corrected chi connectivity index (χ3v) is 1.69. The first kappa shape index (κ1) is 7.61. The van der Waals surface area contributed by atoms with Crippen molar-refractivity contribution in [2.45, 2.75) is 18.4 Å². The first-order valence-electron chi connectivity index (χ1n) is 3.13. The number of carbonyl (C=O) groups is 2. The fraction of sp³-hybridized carbons (Fsp3) is 0.429. The van der Waals surface area contributed by atoms with Gasteiger partial charge in [0, 0.05) is 12.8 Å². The Morgan fingerprint density at radius 3 is 2.64 bits per heavy atom. The molecule has 0 saturated carbocycles. The summed E-state index contributed by atoms with van der Waals surface area (Å²) in [4.78, 5) is 21.2. The predicted molar refractivity (Wildman–Crippen MR) is 36.6 cm³/mol. The molecule has 1 aliphatic rings. The van der Waals surface area contributed by atoms with Gasteiger partial charge in [0.1, 0.15) is 0 Å². The van der Waals surface area contributed by atoms with Crippen LogP contribution in [0.2, 0.25) is 0 Å². The van der Waals surface area contributed by atoms with Crippen molar-refractivity contribution in [2.75, 3.05) is 0 Å². The van der Waals surface area contributed by atoms with E-state index in [-0.39, 0.29) is 18.7 Å². The summed E-state index contributed by atoms with van der Waals surface area (Å²) in [6, 6.07) is 0. The number of terminal acetylenes is 1. The maximum absolute atomic E-state index is 10.7. The molecule has 0 radical (unpaired) electrons. The molecular formula is C7H7NO3. The van der Waals surface area contributed by atoms with Crippen LogP contribution in [0.3, 0.4) is 0 Å². The number of nitrogens with one attached hydrogen (secondary N) is 1. The van der Waals surface area contributed by atoms with Crippen molar-refractivity contribution in [3.8, 4) is 12.3 Å². The second-order valence-corrected chi connectivity index (χ2v) is 2.40. The summed E-state index contributed by atoms with van der Waals surface area (Å²) in [6.45, 7) is 0. The van der Waals surface area contributed by atoms with Gasteiger partial charge in [-0.1, -0.05) is 5.92 Å². The zero-order valence-electron chi connectivity index (χ0n) is 5.76. The molecule has 0 spiro atoms. The summed E-state index contributed by atoms with van der Waals surface area (Å²) >= 11 is 0. The molecule has 1 amide bonds. The summed E-state index contributed by atoms with van der Waals surface area (Å²) in [5.41, 5.74) is -1.45.